The third kappa shape index (κ3) is 6.29. The molecule has 0 aromatic heterocycles. The first-order valence-corrected chi connectivity index (χ1v) is 7.86. The average molecular weight is 367 g/mol. The van der Waals surface area contributed by atoms with Crippen molar-refractivity contribution in [2.24, 2.45) is 10.7 Å². The molecule has 0 radical (unpaired) electrons. The number of hydrogen-bond donors (Lipinski definition) is 3. The molecular formula is C18H20F3N3O2. The lowest BCUT2D eigenvalue weighted by molar-refractivity contribution is -0.137. The first-order valence-electron chi connectivity index (χ1n) is 7.86. The van der Waals surface area contributed by atoms with Crippen molar-refractivity contribution in [3.8, 4) is 5.75 Å². The monoisotopic (exact) mass is 367 g/mol. The van der Waals surface area contributed by atoms with Gasteiger partial charge in [-0.25, -0.2) is 0 Å². The van der Waals surface area contributed by atoms with Gasteiger partial charge in [0.05, 0.1) is 12.1 Å². The zero-order chi connectivity index (χ0) is 19.2. The number of alkyl halides is 3. The summed E-state index contributed by atoms with van der Waals surface area (Å²) in [5.41, 5.74) is 6.78. The molecule has 8 heteroatoms. The maximum atomic E-state index is 12.6. The Morgan fingerprint density at radius 2 is 1.92 bits per heavy atom. The van der Waals surface area contributed by atoms with Gasteiger partial charge in [-0.1, -0.05) is 23.8 Å². The molecule has 0 saturated carbocycles. The Labute approximate surface area is 149 Å². The standard InChI is InChI=1S/C18H20F3N3O2/c1-12-5-7-14(8-6-12)24-17(22)23-10-15(25)11-26-16-4-2-3-13(9-16)18(19,20)21/h2-9,15,25H,10-11H2,1H3,(H3,22,23,24). The summed E-state index contributed by atoms with van der Waals surface area (Å²) < 4.78 is 43.1. The molecule has 2 rings (SSSR count). The zero-order valence-electron chi connectivity index (χ0n) is 14.1. The van der Waals surface area contributed by atoms with Crippen LogP contribution in [-0.2, 0) is 6.18 Å². The van der Waals surface area contributed by atoms with Crippen LogP contribution < -0.4 is 15.8 Å². The van der Waals surface area contributed by atoms with E-state index < -0.39 is 17.8 Å². The first kappa shape index (κ1) is 19.6. The number of benzene rings is 2. The molecule has 26 heavy (non-hydrogen) atoms. The van der Waals surface area contributed by atoms with Gasteiger partial charge in [0.25, 0.3) is 0 Å². The Balaban J connectivity index is 1.83. The fourth-order valence-corrected chi connectivity index (χ4v) is 2.04. The summed E-state index contributed by atoms with van der Waals surface area (Å²) in [6, 6.07) is 12.0. The van der Waals surface area contributed by atoms with Crippen LogP contribution in [0.15, 0.2) is 53.5 Å². The number of nitrogens with two attached hydrogens (primary N) is 1. The molecule has 0 saturated heterocycles. The Morgan fingerprint density at radius 1 is 1.23 bits per heavy atom. The molecular weight excluding hydrogens is 347 g/mol. The second kappa shape index (κ2) is 8.57. The highest BCUT2D eigenvalue weighted by Crippen LogP contribution is 2.31. The first-order chi connectivity index (χ1) is 12.2. The van der Waals surface area contributed by atoms with Crippen LogP contribution in [-0.4, -0.2) is 30.3 Å². The summed E-state index contributed by atoms with van der Waals surface area (Å²) in [5, 5.41) is 12.7. The number of guanidine groups is 1. The van der Waals surface area contributed by atoms with Crippen molar-refractivity contribution in [1.29, 1.82) is 0 Å². The molecule has 2 aromatic rings. The minimum Gasteiger partial charge on any atom is -0.491 e. The minimum absolute atomic E-state index is 0.0219. The van der Waals surface area contributed by atoms with Crippen LogP contribution in [0.5, 0.6) is 5.75 Å². The van der Waals surface area contributed by atoms with Crippen molar-refractivity contribution in [3.63, 3.8) is 0 Å². The molecule has 2 aromatic carbocycles. The number of aliphatic hydroxyl groups excluding tert-OH is 1. The van der Waals surface area contributed by atoms with Crippen molar-refractivity contribution in [1.82, 2.24) is 0 Å². The molecule has 0 aliphatic rings. The van der Waals surface area contributed by atoms with E-state index in [9.17, 15) is 18.3 Å². The van der Waals surface area contributed by atoms with Crippen LogP contribution >= 0.6 is 0 Å². The largest absolute Gasteiger partial charge is 0.491 e. The fraction of sp³-hybridized carbons (Fsp3) is 0.278. The maximum Gasteiger partial charge on any atom is 0.416 e. The Morgan fingerprint density at radius 3 is 2.58 bits per heavy atom. The van der Waals surface area contributed by atoms with E-state index in [0.717, 1.165) is 23.4 Å². The minimum atomic E-state index is -4.45. The molecule has 0 bridgehead atoms. The number of rotatable bonds is 6. The van der Waals surface area contributed by atoms with Gasteiger partial charge in [0.1, 0.15) is 18.5 Å². The fourth-order valence-electron chi connectivity index (χ4n) is 2.04. The summed E-state index contributed by atoms with van der Waals surface area (Å²) in [6.07, 6.45) is -5.46. The summed E-state index contributed by atoms with van der Waals surface area (Å²) in [4.78, 5) is 3.98. The molecule has 1 atom stereocenters. The van der Waals surface area contributed by atoms with Crippen molar-refractivity contribution in [2.75, 3.05) is 18.5 Å². The highest BCUT2D eigenvalue weighted by molar-refractivity contribution is 5.92. The number of nitrogens with zero attached hydrogens (tertiary/aromatic N) is 1. The second-order valence-corrected chi connectivity index (χ2v) is 5.71. The van der Waals surface area contributed by atoms with E-state index in [1.54, 1.807) is 0 Å². The van der Waals surface area contributed by atoms with Gasteiger partial charge in [0, 0.05) is 5.69 Å². The highest BCUT2D eigenvalue weighted by atomic mass is 19.4. The predicted octanol–water partition coefficient (Wildman–Crippen LogP) is 3.18. The van der Waals surface area contributed by atoms with E-state index in [0.29, 0.717) is 0 Å². The topological polar surface area (TPSA) is 79.9 Å². The van der Waals surface area contributed by atoms with E-state index in [-0.39, 0.29) is 24.9 Å². The molecule has 5 nitrogen and oxygen atoms in total. The Hall–Kier alpha value is -2.74. The predicted molar refractivity (Wildman–Crippen MR) is 94.2 cm³/mol. The van der Waals surface area contributed by atoms with Crippen LogP contribution in [0, 0.1) is 6.92 Å². The summed E-state index contributed by atoms with van der Waals surface area (Å²) in [6.45, 7) is 1.70. The van der Waals surface area contributed by atoms with Crippen LogP contribution in [0.4, 0.5) is 18.9 Å². The lowest BCUT2D eigenvalue weighted by Crippen LogP contribution is -2.27. The third-order valence-electron chi connectivity index (χ3n) is 3.40. The van der Waals surface area contributed by atoms with E-state index in [4.69, 9.17) is 10.5 Å². The number of nitrogens with one attached hydrogen (secondary N) is 1. The smallest absolute Gasteiger partial charge is 0.416 e. The van der Waals surface area contributed by atoms with Gasteiger partial charge in [-0.05, 0) is 37.3 Å². The van der Waals surface area contributed by atoms with Crippen molar-refractivity contribution in [3.05, 3.63) is 59.7 Å². The molecule has 140 valence electrons. The summed E-state index contributed by atoms with van der Waals surface area (Å²) in [5.74, 6) is 0.139. The van der Waals surface area contributed by atoms with Gasteiger partial charge >= 0.3 is 6.18 Å². The van der Waals surface area contributed by atoms with Crippen molar-refractivity contribution in [2.45, 2.75) is 19.2 Å². The number of anilines is 1. The van der Waals surface area contributed by atoms with Gasteiger partial charge < -0.3 is 20.9 Å². The Kier molecular flexibility index (Phi) is 6.46. The normalized spacial score (nSPS) is 13.3. The van der Waals surface area contributed by atoms with Crippen LogP contribution in [0.1, 0.15) is 11.1 Å². The molecule has 0 fully saturated rings. The number of aryl methyl sites for hydroxylation is 1. The van der Waals surface area contributed by atoms with E-state index in [1.807, 2.05) is 31.2 Å². The van der Waals surface area contributed by atoms with Crippen LogP contribution in [0.2, 0.25) is 0 Å². The molecule has 0 amide bonds. The summed E-state index contributed by atoms with van der Waals surface area (Å²) >= 11 is 0. The number of aliphatic imine (C=N–C) groups is 1. The molecule has 0 spiro atoms. The molecule has 4 N–H and O–H groups in total. The molecule has 0 heterocycles. The van der Waals surface area contributed by atoms with E-state index in [2.05, 4.69) is 10.3 Å². The van der Waals surface area contributed by atoms with Gasteiger partial charge in [0.15, 0.2) is 5.96 Å². The van der Waals surface area contributed by atoms with E-state index in [1.165, 1.54) is 12.1 Å². The lowest BCUT2D eigenvalue weighted by Gasteiger charge is -2.13. The van der Waals surface area contributed by atoms with E-state index >= 15 is 0 Å². The average Bonchev–Trinajstić information content (AvgIpc) is 2.60. The number of halogens is 3. The van der Waals surface area contributed by atoms with Gasteiger partial charge in [-0.3, -0.25) is 4.99 Å². The molecule has 0 aliphatic heterocycles. The zero-order valence-corrected chi connectivity index (χ0v) is 14.1. The maximum absolute atomic E-state index is 12.6. The molecule has 1 unspecified atom stereocenters. The van der Waals surface area contributed by atoms with Crippen LogP contribution in [0.25, 0.3) is 0 Å². The number of ether oxygens (including phenoxy) is 1. The van der Waals surface area contributed by atoms with Gasteiger partial charge in [-0.15, -0.1) is 0 Å². The highest BCUT2D eigenvalue weighted by Gasteiger charge is 2.30. The second-order valence-electron chi connectivity index (χ2n) is 5.71. The SMILES string of the molecule is Cc1ccc(NC(N)=NCC(O)COc2cccc(C(F)(F)F)c2)cc1. The quantitative estimate of drug-likeness (QED) is 0.541. The van der Waals surface area contributed by atoms with Crippen LogP contribution in [0.3, 0.4) is 0 Å². The number of aliphatic hydroxyl groups is 1. The lowest BCUT2D eigenvalue weighted by atomic mass is 10.2. The van der Waals surface area contributed by atoms with Gasteiger partial charge in [0.2, 0.25) is 0 Å². The van der Waals surface area contributed by atoms with Crippen molar-refractivity contribution >= 4 is 11.6 Å². The molecule has 0 aliphatic carbocycles. The van der Waals surface area contributed by atoms with Crippen molar-refractivity contribution < 1.29 is 23.0 Å². The Bertz CT molecular complexity index is 746. The van der Waals surface area contributed by atoms with Gasteiger partial charge in [-0.2, -0.15) is 13.2 Å². The third-order valence-corrected chi connectivity index (χ3v) is 3.40. The number of hydrogen-bond acceptors (Lipinski definition) is 3. The summed E-state index contributed by atoms with van der Waals surface area (Å²) in [7, 11) is 0.